The lowest BCUT2D eigenvalue weighted by molar-refractivity contribution is 0.0951. The fourth-order valence-corrected chi connectivity index (χ4v) is 1.98. The number of hydrogen-bond donors (Lipinski definition) is 1. The number of hydrogen-bond acceptors (Lipinski definition) is 5. The minimum Gasteiger partial charge on any atom is -0.348 e. The Morgan fingerprint density at radius 2 is 1.61 bits per heavy atom. The van der Waals surface area contributed by atoms with Crippen molar-refractivity contribution in [1.82, 2.24) is 25.7 Å². The van der Waals surface area contributed by atoms with E-state index < -0.39 is 0 Å². The molecule has 1 amide bonds. The minimum atomic E-state index is -0.371. The van der Waals surface area contributed by atoms with Crippen LogP contribution in [0.3, 0.4) is 0 Å². The van der Waals surface area contributed by atoms with Crippen molar-refractivity contribution in [2.45, 2.75) is 6.54 Å². The average molecular weight is 309 g/mol. The van der Waals surface area contributed by atoms with Gasteiger partial charge in [0.2, 0.25) is 5.82 Å². The normalized spacial score (nSPS) is 10.3. The van der Waals surface area contributed by atoms with Gasteiger partial charge in [-0.2, -0.15) is 0 Å². The number of nitrogens with zero attached hydrogens (tertiary/aromatic N) is 4. The maximum absolute atomic E-state index is 12.8. The molecule has 0 aliphatic rings. The van der Waals surface area contributed by atoms with Crippen molar-refractivity contribution in [3.05, 3.63) is 71.8 Å². The second kappa shape index (κ2) is 6.69. The minimum absolute atomic E-state index is 0.256. The van der Waals surface area contributed by atoms with Crippen molar-refractivity contribution in [2.24, 2.45) is 0 Å². The standard InChI is InChI=1S/C16H12FN5O/c17-14-7-5-13(6-8-14)16(23)18-9-11-1-3-12(4-2-11)15-21-19-10-20-22-15/h1-8,10H,9H2,(H,18,23). The topological polar surface area (TPSA) is 80.7 Å². The van der Waals surface area contributed by atoms with Crippen molar-refractivity contribution in [1.29, 1.82) is 0 Å². The molecule has 0 fully saturated rings. The van der Waals surface area contributed by atoms with Crippen LogP contribution in [0.4, 0.5) is 4.39 Å². The second-order valence-electron chi connectivity index (χ2n) is 4.76. The molecular formula is C16H12FN5O. The van der Waals surface area contributed by atoms with Gasteiger partial charge in [0.15, 0.2) is 6.33 Å². The van der Waals surface area contributed by atoms with Crippen LogP contribution in [-0.2, 0) is 6.54 Å². The van der Waals surface area contributed by atoms with Crippen LogP contribution in [0.1, 0.15) is 15.9 Å². The van der Waals surface area contributed by atoms with Gasteiger partial charge in [-0.05, 0) is 29.8 Å². The highest BCUT2D eigenvalue weighted by atomic mass is 19.1. The fraction of sp³-hybridized carbons (Fsp3) is 0.0625. The number of benzene rings is 2. The Labute approximate surface area is 131 Å². The van der Waals surface area contributed by atoms with E-state index in [-0.39, 0.29) is 11.7 Å². The quantitative estimate of drug-likeness (QED) is 0.797. The molecule has 0 saturated carbocycles. The van der Waals surface area contributed by atoms with Gasteiger partial charge in [-0.1, -0.05) is 24.3 Å². The molecule has 0 aliphatic heterocycles. The Kier molecular flexibility index (Phi) is 4.28. The lowest BCUT2D eigenvalue weighted by atomic mass is 10.1. The smallest absolute Gasteiger partial charge is 0.251 e. The first-order valence-corrected chi connectivity index (χ1v) is 6.86. The summed E-state index contributed by atoms with van der Waals surface area (Å²) in [6, 6.07) is 12.8. The summed E-state index contributed by atoms with van der Waals surface area (Å²) in [6.45, 7) is 0.364. The Morgan fingerprint density at radius 1 is 0.957 bits per heavy atom. The van der Waals surface area contributed by atoms with E-state index in [4.69, 9.17) is 0 Å². The molecule has 1 heterocycles. The van der Waals surface area contributed by atoms with Crippen molar-refractivity contribution in [2.75, 3.05) is 0 Å². The molecule has 1 aromatic heterocycles. The van der Waals surface area contributed by atoms with E-state index in [9.17, 15) is 9.18 Å². The number of carbonyl (C=O) groups excluding carboxylic acids is 1. The summed E-state index contributed by atoms with van der Waals surface area (Å²) in [7, 11) is 0. The van der Waals surface area contributed by atoms with Gasteiger partial charge < -0.3 is 5.32 Å². The molecule has 0 atom stereocenters. The highest BCUT2D eigenvalue weighted by Gasteiger charge is 2.06. The Balaban J connectivity index is 1.62. The Hall–Kier alpha value is -3.22. The molecule has 3 rings (SSSR count). The average Bonchev–Trinajstić information content (AvgIpc) is 2.61. The highest BCUT2D eigenvalue weighted by Crippen LogP contribution is 2.13. The van der Waals surface area contributed by atoms with E-state index in [1.165, 1.54) is 30.6 Å². The van der Waals surface area contributed by atoms with Crippen LogP contribution in [0.15, 0.2) is 54.9 Å². The van der Waals surface area contributed by atoms with Crippen LogP contribution < -0.4 is 5.32 Å². The number of nitrogens with one attached hydrogen (secondary N) is 1. The molecule has 0 spiro atoms. The summed E-state index contributed by atoms with van der Waals surface area (Å²) >= 11 is 0. The monoisotopic (exact) mass is 309 g/mol. The Morgan fingerprint density at radius 3 is 2.26 bits per heavy atom. The molecule has 114 valence electrons. The van der Waals surface area contributed by atoms with Crippen LogP contribution in [0.5, 0.6) is 0 Å². The van der Waals surface area contributed by atoms with E-state index >= 15 is 0 Å². The predicted octanol–water partition coefficient (Wildman–Crippen LogP) is 2.00. The largest absolute Gasteiger partial charge is 0.348 e. The molecule has 23 heavy (non-hydrogen) atoms. The maximum atomic E-state index is 12.8. The van der Waals surface area contributed by atoms with Crippen LogP contribution in [0.2, 0.25) is 0 Å². The van der Waals surface area contributed by atoms with E-state index in [0.29, 0.717) is 17.9 Å². The van der Waals surface area contributed by atoms with Crippen LogP contribution in [0.25, 0.3) is 11.4 Å². The maximum Gasteiger partial charge on any atom is 0.251 e. The molecule has 0 bridgehead atoms. The molecule has 7 heteroatoms. The zero-order valence-corrected chi connectivity index (χ0v) is 12.0. The third-order valence-corrected chi connectivity index (χ3v) is 3.18. The summed E-state index contributed by atoms with van der Waals surface area (Å²) in [5, 5.41) is 17.9. The van der Waals surface area contributed by atoms with E-state index in [0.717, 1.165) is 11.1 Å². The summed E-state index contributed by atoms with van der Waals surface area (Å²) in [5.74, 6) is -0.187. The fourth-order valence-electron chi connectivity index (χ4n) is 1.98. The van der Waals surface area contributed by atoms with Crippen LogP contribution in [0, 0.1) is 5.82 Å². The molecule has 3 aromatic rings. The highest BCUT2D eigenvalue weighted by molar-refractivity contribution is 5.94. The number of amides is 1. The molecule has 0 saturated heterocycles. The van der Waals surface area contributed by atoms with Gasteiger partial charge in [0, 0.05) is 17.7 Å². The van der Waals surface area contributed by atoms with E-state index in [1.54, 1.807) is 0 Å². The molecule has 0 aliphatic carbocycles. The molecular weight excluding hydrogens is 297 g/mol. The molecule has 1 N–H and O–H groups in total. The van der Waals surface area contributed by atoms with E-state index in [1.807, 2.05) is 24.3 Å². The number of aromatic nitrogens is 4. The van der Waals surface area contributed by atoms with Gasteiger partial charge in [0.05, 0.1) is 0 Å². The zero-order valence-electron chi connectivity index (χ0n) is 12.0. The predicted molar refractivity (Wildman–Crippen MR) is 80.6 cm³/mol. The summed E-state index contributed by atoms with van der Waals surface area (Å²) in [5.41, 5.74) is 2.12. The van der Waals surface area contributed by atoms with Gasteiger partial charge in [0.25, 0.3) is 5.91 Å². The first-order chi connectivity index (χ1) is 11.2. The van der Waals surface area contributed by atoms with Crippen molar-refractivity contribution >= 4 is 5.91 Å². The first-order valence-electron chi connectivity index (χ1n) is 6.86. The van der Waals surface area contributed by atoms with Gasteiger partial charge in [-0.15, -0.1) is 20.4 Å². The van der Waals surface area contributed by atoms with Crippen LogP contribution in [-0.4, -0.2) is 26.3 Å². The van der Waals surface area contributed by atoms with Crippen molar-refractivity contribution < 1.29 is 9.18 Å². The molecule has 0 unspecified atom stereocenters. The second-order valence-corrected chi connectivity index (χ2v) is 4.76. The number of carbonyl (C=O) groups is 1. The van der Waals surface area contributed by atoms with Crippen molar-refractivity contribution in [3.63, 3.8) is 0 Å². The van der Waals surface area contributed by atoms with Crippen molar-refractivity contribution in [3.8, 4) is 11.4 Å². The number of rotatable bonds is 4. The number of halogens is 1. The van der Waals surface area contributed by atoms with Gasteiger partial charge in [-0.25, -0.2) is 4.39 Å². The Bertz CT molecular complexity index is 791. The van der Waals surface area contributed by atoms with Gasteiger partial charge >= 0.3 is 0 Å². The summed E-state index contributed by atoms with van der Waals surface area (Å²) < 4.78 is 12.8. The first kappa shape index (κ1) is 14.7. The zero-order chi connectivity index (χ0) is 16.1. The van der Waals surface area contributed by atoms with E-state index in [2.05, 4.69) is 25.7 Å². The molecule has 2 aromatic carbocycles. The third-order valence-electron chi connectivity index (χ3n) is 3.18. The van der Waals surface area contributed by atoms with Gasteiger partial charge in [0.1, 0.15) is 5.82 Å². The third kappa shape index (κ3) is 3.70. The van der Waals surface area contributed by atoms with Crippen LogP contribution >= 0.6 is 0 Å². The SMILES string of the molecule is O=C(NCc1ccc(-c2nncnn2)cc1)c1ccc(F)cc1. The molecule has 0 radical (unpaired) electrons. The lowest BCUT2D eigenvalue weighted by Crippen LogP contribution is -2.22. The van der Waals surface area contributed by atoms with Gasteiger partial charge in [-0.3, -0.25) is 4.79 Å². The molecule has 6 nitrogen and oxygen atoms in total. The summed E-state index contributed by atoms with van der Waals surface area (Å²) in [6.07, 6.45) is 1.27. The summed E-state index contributed by atoms with van der Waals surface area (Å²) in [4.78, 5) is 11.9. The lowest BCUT2D eigenvalue weighted by Gasteiger charge is -2.06.